The molecule has 0 aromatic heterocycles. The molecule has 2 atom stereocenters. The Bertz CT molecular complexity index is 865. The fourth-order valence-corrected chi connectivity index (χ4v) is 3.81. The Kier molecular flexibility index (Phi) is 6.21. The normalized spacial score (nSPS) is 20.6. The minimum absolute atomic E-state index is 0.0130. The molecule has 0 radical (unpaired) electrons. The molecule has 2 aromatic carbocycles. The van der Waals surface area contributed by atoms with Gasteiger partial charge in [-0.05, 0) is 49.1 Å². The summed E-state index contributed by atoms with van der Waals surface area (Å²) in [6.45, 7) is 0.430. The first-order chi connectivity index (χ1) is 14.6. The van der Waals surface area contributed by atoms with Crippen LogP contribution in [0.1, 0.15) is 31.2 Å². The number of carbonyl (C=O) groups excluding carboxylic acids is 2. The van der Waals surface area contributed by atoms with Gasteiger partial charge in [0.25, 0.3) is 0 Å². The molecule has 6 heteroatoms. The number of rotatable bonds is 8. The van der Waals surface area contributed by atoms with E-state index in [1.807, 2.05) is 54.6 Å². The number of hydrogen-bond acceptors (Lipinski definition) is 4. The van der Waals surface area contributed by atoms with E-state index >= 15 is 0 Å². The van der Waals surface area contributed by atoms with E-state index in [0.717, 1.165) is 29.9 Å². The lowest BCUT2D eigenvalue weighted by atomic mass is 10.1. The van der Waals surface area contributed by atoms with E-state index in [-0.39, 0.29) is 24.0 Å². The zero-order valence-electron chi connectivity index (χ0n) is 17.3. The molecule has 2 aromatic rings. The zero-order chi connectivity index (χ0) is 20.9. The fraction of sp³-hybridized carbons (Fsp3) is 0.417. The van der Waals surface area contributed by atoms with Crippen LogP contribution in [0.15, 0.2) is 54.6 Å². The maximum Gasteiger partial charge on any atom is 0.243 e. The van der Waals surface area contributed by atoms with Crippen LogP contribution in [0, 0.1) is 0 Å². The van der Waals surface area contributed by atoms with Crippen molar-refractivity contribution in [1.29, 1.82) is 0 Å². The number of methoxy groups -OCH3 is 1. The van der Waals surface area contributed by atoms with Crippen molar-refractivity contribution in [2.75, 3.05) is 13.7 Å². The summed E-state index contributed by atoms with van der Waals surface area (Å²) in [5.74, 6) is 1.48. The molecule has 0 spiro atoms. The quantitative estimate of drug-likeness (QED) is 0.729. The summed E-state index contributed by atoms with van der Waals surface area (Å²) in [6, 6.07) is 17.1. The molecule has 2 amide bonds. The van der Waals surface area contributed by atoms with E-state index in [2.05, 4.69) is 5.32 Å². The van der Waals surface area contributed by atoms with Crippen LogP contribution < -0.4 is 14.8 Å². The standard InChI is InChI=1S/C24H28N2O4/c1-29-19-12-7-17(8-13-19)9-14-23(27)26-16-21(30-20-5-3-2-4-6-20)15-22(26)24(28)25-18-10-11-18/h2-8,12-13,18,21-22H,9-11,14-16H2,1H3,(H,25,28)/t21-,22-/m0/s1. The summed E-state index contributed by atoms with van der Waals surface area (Å²) in [6.07, 6.45) is 3.36. The van der Waals surface area contributed by atoms with Gasteiger partial charge in [-0.1, -0.05) is 30.3 Å². The van der Waals surface area contributed by atoms with E-state index in [1.165, 1.54) is 0 Å². The molecule has 6 nitrogen and oxygen atoms in total. The highest BCUT2D eigenvalue weighted by Gasteiger charge is 2.41. The third-order valence-electron chi connectivity index (χ3n) is 5.64. The number of carbonyl (C=O) groups is 2. The molecule has 0 bridgehead atoms. The minimum Gasteiger partial charge on any atom is -0.497 e. The number of nitrogens with zero attached hydrogens (tertiary/aromatic N) is 1. The molecule has 2 aliphatic rings. The number of amides is 2. The maximum atomic E-state index is 13.0. The van der Waals surface area contributed by atoms with Crippen LogP contribution in [0.4, 0.5) is 0 Å². The Balaban J connectivity index is 1.40. The summed E-state index contributed by atoms with van der Waals surface area (Å²) in [5.41, 5.74) is 1.07. The summed E-state index contributed by atoms with van der Waals surface area (Å²) in [5, 5.41) is 3.05. The topological polar surface area (TPSA) is 67.9 Å². The highest BCUT2D eigenvalue weighted by molar-refractivity contribution is 5.88. The van der Waals surface area contributed by atoms with E-state index < -0.39 is 6.04 Å². The van der Waals surface area contributed by atoms with Crippen molar-refractivity contribution >= 4 is 11.8 Å². The Morgan fingerprint density at radius 3 is 2.43 bits per heavy atom. The lowest BCUT2D eigenvalue weighted by Gasteiger charge is -2.23. The first-order valence-electron chi connectivity index (χ1n) is 10.6. The SMILES string of the molecule is COc1ccc(CCC(=O)N2C[C@@H](Oc3ccccc3)C[C@H]2C(=O)NC2CC2)cc1. The van der Waals surface area contributed by atoms with E-state index in [1.54, 1.807) is 12.0 Å². The van der Waals surface area contributed by atoms with E-state index in [4.69, 9.17) is 9.47 Å². The fourth-order valence-electron chi connectivity index (χ4n) is 3.81. The molecule has 1 saturated carbocycles. The number of nitrogens with one attached hydrogen (secondary N) is 1. The van der Waals surface area contributed by atoms with Gasteiger partial charge >= 0.3 is 0 Å². The summed E-state index contributed by atoms with van der Waals surface area (Å²) in [4.78, 5) is 27.5. The Hall–Kier alpha value is -3.02. The van der Waals surface area contributed by atoms with Crippen molar-refractivity contribution in [2.45, 2.75) is 50.3 Å². The van der Waals surface area contributed by atoms with Gasteiger partial charge in [0.1, 0.15) is 23.6 Å². The lowest BCUT2D eigenvalue weighted by molar-refractivity contribution is -0.138. The van der Waals surface area contributed by atoms with Gasteiger partial charge in [0, 0.05) is 18.9 Å². The smallest absolute Gasteiger partial charge is 0.243 e. The van der Waals surface area contributed by atoms with E-state index in [9.17, 15) is 9.59 Å². The van der Waals surface area contributed by atoms with Crippen LogP contribution in [0.5, 0.6) is 11.5 Å². The summed E-state index contributed by atoms with van der Waals surface area (Å²) < 4.78 is 11.2. The van der Waals surface area contributed by atoms with Gasteiger partial charge in [0.05, 0.1) is 13.7 Å². The molecule has 1 N–H and O–H groups in total. The first-order valence-corrected chi connectivity index (χ1v) is 10.6. The van der Waals surface area contributed by atoms with Crippen LogP contribution in [0.3, 0.4) is 0 Å². The Morgan fingerprint density at radius 2 is 1.77 bits per heavy atom. The van der Waals surface area contributed by atoms with Crippen molar-refractivity contribution in [3.8, 4) is 11.5 Å². The lowest BCUT2D eigenvalue weighted by Crippen LogP contribution is -2.46. The van der Waals surface area contributed by atoms with E-state index in [0.29, 0.717) is 25.8 Å². The molecule has 30 heavy (non-hydrogen) atoms. The number of aryl methyl sites for hydroxylation is 1. The highest BCUT2D eigenvalue weighted by atomic mass is 16.5. The molecule has 1 heterocycles. The summed E-state index contributed by atoms with van der Waals surface area (Å²) in [7, 11) is 1.63. The molecule has 4 rings (SSSR count). The second-order valence-corrected chi connectivity index (χ2v) is 7.98. The Morgan fingerprint density at radius 1 is 1.03 bits per heavy atom. The van der Waals surface area contributed by atoms with Gasteiger partial charge in [-0.15, -0.1) is 0 Å². The first kappa shape index (κ1) is 20.3. The molecular formula is C24H28N2O4. The average Bonchev–Trinajstić information content (AvgIpc) is 3.49. The van der Waals surface area contributed by atoms with Crippen LogP contribution >= 0.6 is 0 Å². The van der Waals surface area contributed by atoms with Crippen molar-refractivity contribution < 1.29 is 19.1 Å². The van der Waals surface area contributed by atoms with Crippen LogP contribution in [0.2, 0.25) is 0 Å². The monoisotopic (exact) mass is 408 g/mol. The molecule has 158 valence electrons. The largest absolute Gasteiger partial charge is 0.497 e. The van der Waals surface area contributed by atoms with Crippen molar-refractivity contribution in [3.05, 3.63) is 60.2 Å². The van der Waals surface area contributed by atoms with Crippen LogP contribution in [-0.2, 0) is 16.0 Å². The van der Waals surface area contributed by atoms with Gasteiger partial charge in [-0.2, -0.15) is 0 Å². The maximum absolute atomic E-state index is 13.0. The number of para-hydroxylation sites is 1. The molecule has 1 aliphatic carbocycles. The van der Waals surface area contributed by atoms with Gasteiger partial charge in [0.15, 0.2) is 0 Å². The third kappa shape index (κ3) is 5.12. The molecule has 1 aliphatic heterocycles. The molecule has 1 saturated heterocycles. The van der Waals surface area contributed by atoms with Crippen molar-refractivity contribution in [1.82, 2.24) is 10.2 Å². The number of benzene rings is 2. The minimum atomic E-state index is -0.470. The number of ether oxygens (including phenoxy) is 2. The Labute approximate surface area is 177 Å². The van der Waals surface area contributed by atoms with Crippen LogP contribution in [0.25, 0.3) is 0 Å². The summed E-state index contributed by atoms with van der Waals surface area (Å²) >= 11 is 0. The molecule has 2 fully saturated rings. The number of likely N-dealkylation sites (tertiary alicyclic amines) is 1. The highest BCUT2D eigenvalue weighted by Crippen LogP contribution is 2.26. The zero-order valence-corrected chi connectivity index (χ0v) is 17.3. The van der Waals surface area contributed by atoms with Crippen molar-refractivity contribution in [2.24, 2.45) is 0 Å². The van der Waals surface area contributed by atoms with Gasteiger partial charge < -0.3 is 19.7 Å². The molecule has 0 unspecified atom stereocenters. The average molecular weight is 408 g/mol. The third-order valence-corrected chi connectivity index (χ3v) is 5.64. The van der Waals surface area contributed by atoms with Gasteiger partial charge in [-0.3, -0.25) is 9.59 Å². The predicted molar refractivity (Wildman–Crippen MR) is 113 cm³/mol. The van der Waals surface area contributed by atoms with Gasteiger partial charge in [-0.25, -0.2) is 0 Å². The molecular weight excluding hydrogens is 380 g/mol. The van der Waals surface area contributed by atoms with Gasteiger partial charge in [0.2, 0.25) is 11.8 Å². The second kappa shape index (κ2) is 9.20. The second-order valence-electron chi connectivity index (χ2n) is 7.98. The van der Waals surface area contributed by atoms with Crippen LogP contribution in [-0.4, -0.2) is 48.6 Å². The number of hydrogen-bond donors (Lipinski definition) is 1. The predicted octanol–water partition coefficient (Wildman–Crippen LogP) is 2.95. The van der Waals surface area contributed by atoms with Crippen molar-refractivity contribution in [3.63, 3.8) is 0 Å².